The minimum absolute atomic E-state index is 0.0321. The minimum atomic E-state index is -0.490. The Bertz CT molecular complexity index is 365. The summed E-state index contributed by atoms with van der Waals surface area (Å²) in [6.45, 7) is 7.75. The Morgan fingerprint density at radius 3 is 2.43 bits per heavy atom. The second-order valence-corrected chi connectivity index (χ2v) is 6.78. The Balaban J connectivity index is 2.82. The van der Waals surface area contributed by atoms with E-state index < -0.39 is 6.04 Å². The Morgan fingerprint density at radius 1 is 1.24 bits per heavy atom. The summed E-state index contributed by atoms with van der Waals surface area (Å²) in [5, 5.41) is 8.84. The average Bonchev–Trinajstić information content (AvgIpc) is 2.83. The first kappa shape index (κ1) is 17.9. The average molecular weight is 298 g/mol. The monoisotopic (exact) mass is 298 g/mol. The predicted octanol–water partition coefficient (Wildman–Crippen LogP) is -0.0529. The number of carbonyl (C=O) groups is 2. The van der Waals surface area contributed by atoms with Crippen LogP contribution in [-0.2, 0) is 9.59 Å². The van der Waals surface area contributed by atoms with Crippen molar-refractivity contribution in [3.63, 3.8) is 0 Å². The van der Waals surface area contributed by atoms with Crippen molar-refractivity contribution in [2.24, 2.45) is 5.41 Å². The van der Waals surface area contributed by atoms with Gasteiger partial charge in [0.15, 0.2) is 0 Å². The van der Waals surface area contributed by atoms with Crippen molar-refractivity contribution in [1.82, 2.24) is 20.9 Å². The van der Waals surface area contributed by atoms with Crippen LogP contribution in [0.1, 0.15) is 33.6 Å². The van der Waals surface area contributed by atoms with E-state index in [9.17, 15) is 9.59 Å². The van der Waals surface area contributed by atoms with Crippen LogP contribution in [0.4, 0.5) is 0 Å². The number of hydrogen-bond donors (Lipinski definition) is 3. The molecule has 2 atom stereocenters. The van der Waals surface area contributed by atoms with Gasteiger partial charge in [-0.05, 0) is 32.4 Å². The zero-order valence-corrected chi connectivity index (χ0v) is 14.0. The molecule has 0 saturated carbocycles. The zero-order valence-electron chi connectivity index (χ0n) is 14.0. The molecule has 1 aliphatic heterocycles. The standard InChI is InChI=1S/C15H30N4O2/c1-15(2,3)13(18-12(20)10-17-5)14(21)19-8-6-7-11(19)9-16-4/h11,13,16-17H,6-10H2,1-5H3,(H,18,20). The molecule has 2 unspecified atom stereocenters. The summed E-state index contributed by atoms with van der Waals surface area (Å²) >= 11 is 0. The van der Waals surface area contributed by atoms with Crippen molar-refractivity contribution in [3.8, 4) is 0 Å². The van der Waals surface area contributed by atoms with Crippen molar-refractivity contribution in [1.29, 1.82) is 0 Å². The van der Waals surface area contributed by atoms with Gasteiger partial charge in [-0.25, -0.2) is 0 Å². The fourth-order valence-electron chi connectivity index (χ4n) is 2.76. The van der Waals surface area contributed by atoms with Gasteiger partial charge in [-0.1, -0.05) is 20.8 Å². The van der Waals surface area contributed by atoms with Gasteiger partial charge in [0.05, 0.1) is 6.54 Å². The van der Waals surface area contributed by atoms with Crippen LogP contribution in [0.25, 0.3) is 0 Å². The molecule has 1 aliphatic rings. The van der Waals surface area contributed by atoms with Gasteiger partial charge in [-0.2, -0.15) is 0 Å². The molecule has 0 aliphatic carbocycles. The summed E-state index contributed by atoms with van der Waals surface area (Å²) in [6, 6.07) is -0.260. The molecule has 0 aromatic rings. The van der Waals surface area contributed by atoms with Crippen LogP contribution in [-0.4, -0.2) is 62.5 Å². The molecule has 1 saturated heterocycles. The van der Waals surface area contributed by atoms with Crippen molar-refractivity contribution in [2.45, 2.75) is 45.7 Å². The lowest BCUT2D eigenvalue weighted by Gasteiger charge is -2.35. The van der Waals surface area contributed by atoms with E-state index in [1.807, 2.05) is 32.7 Å². The second kappa shape index (κ2) is 7.75. The minimum Gasteiger partial charge on any atom is -0.343 e. The van der Waals surface area contributed by atoms with Crippen molar-refractivity contribution >= 4 is 11.8 Å². The molecule has 0 radical (unpaired) electrons. The zero-order chi connectivity index (χ0) is 16.0. The molecule has 0 aromatic heterocycles. The number of nitrogens with one attached hydrogen (secondary N) is 3. The molecule has 6 nitrogen and oxygen atoms in total. The predicted molar refractivity (Wildman–Crippen MR) is 84.0 cm³/mol. The fraction of sp³-hybridized carbons (Fsp3) is 0.867. The van der Waals surface area contributed by atoms with E-state index in [1.54, 1.807) is 7.05 Å². The van der Waals surface area contributed by atoms with Crippen LogP contribution in [0.15, 0.2) is 0 Å². The summed E-state index contributed by atoms with van der Waals surface area (Å²) in [6.07, 6.45) is 2.05. The van der Waals surface area contributed by atoms with Crippen LogP contribution < -0.4 is 16.0 Å². The molecular formula is C15H30N4O2. The molecule has 1 rings (SSSR count). The van der Waals surface area contributed by atoms with Gasteiger partial charge in [0.2, 0.25) is 11.8 Å². The van der Waals surface area contributed by atoms with E-state index in [4.69, 9.17) is 0 Å². The van der Waals surface area contributed by atoms with Gasteiger partial charge < -0.3 is 20.9 Å². The summed E-state index contributed by atoms with van der Waals surface area (Å²) in [4.78, 5) is 26.7. The maximum absolute atomic E-state index is 12.9. The van der Waals surface area contributed by atoms with E-state index in [2.05, 4.69) is 16.0 Å². The number of likely N-dealkylation sites (tertiary alicyclic amines) is 1. The number of carbonyl (C=O) groups excluding carboxylic acids is 2. The van der Waals surface area contributed by atoms with Crippen molar-refractivity contribution in [2.75, 3.05) is 33.7 Å². The maximum Gasteiger partial charge on any atom is 0.245 e. The second-order valence-electron chi connectivity index (χ2n) is 6.78. The fourth-order valence-corrected chi connectivity index (χ4v) is 2.76. The quantitative estimate of drug-likeness (QED) is 0.643. The van der Waals surface area contributed by atoms with Crippen LogP contribution in [0.2, 0.25) is 0 Å². The highest BCUT2D eigenvalue weighted by molar-refractivity contribution is 5.89. The highest BCUT2D eigenvalue weighted by Crippen LogP contribution is 2.25. The molecule has 1 heterocycles. The van der Waals surface area contributed by atoms with E-state index in [0.717, 1.165) is 25.9 Å². The smallest absolute Gasteiger partial charge is 0.245 e. The molecule has 0 aromatic carbocycles. The molecule has 1 fully saturated rings. The number of nitrogens with zero attached hydrogens (tertiary/aromatic N) is 1. The molecule has 3 N–H and O–H groups in total. The first-order chi connectivity index (χ1) is 9.81. The lowest BCUT2D eigenvalue weighted by molar-refractivity contribution is -0.140. The Hall–Kier alpha value is -1.14. The summed E-state index contributed by atoms with van der Waals surface area (Å²) in [5.41, 5.74) is -0.312. The van der Waals surface area contributed by atoms with Crippen molar-refractivity contribution < 1.29 is 9.59 Å². The third-order valence-corrected chi connectivity index (χ3v) is 3.86. The Labute approximate surface area is 128 Å². The van der Waals surface area contributed by atoms with Gasteiger partial charge in [0, 0.05) is 19.1 Å². The lowest BCUT2D eigenvalue weighted by Crippen LogP contribution is -2.57. The molecule has 0 bridgehead atoms. The highest BCUT2D eigenvalue weighted by atomic mass is 16.2. The summed E-state index contributed by atoms with van der Waals surface area (Å²) < 4.78 is 0. The first-order valence-electron chi connectivity index (χ1n) is 7.70. The van der Waals surface area contributed by atoms with E-state index in [1.165, 1.54) is 0 Å². The number of likely N-dealkylation sites (N-methyl/N-ethyl adjacent to an activating group) is 2. The van der Waals surface area contributed by atoms with Gasteiger partial charge in [0.1, 0.15) is 6.04 Å². The maximum atomic E-state index is 12.9. The van der Waals surface area contributed by atoms with Crippen LogP contribution >= 0.6 is 0 Å². The van der Waals surface area contributed by atoms with Crippen LogP contribution in [0, 0.1) is 5.41 Å². The molecule has 0 spiro atoms. The van der Waals surface area contributed by atoms with Gasteiger partial charge in [-0.15, -0.1) is 0 Å². The van der Waals surface area contributed by atoms with Crippen LogP contribution in [0.5, 0.6) is 0 Å². The Kier molecular flexibility index (Phi) is 6.61. The van der Waals surface area contributed by atoms with Crippen LogP contribution in [0.3, 0.4) is 0 Å². The topological polar surface area (TPSA) is 73.5 Å². The molecule has 2 amide bonds. The molecule has 122 valence electrons. The molecular weight excluding hydrogens is 268 g/mol. The largest absolute Gasteiger partial charge is 0.343 e. The lowest BCUT2D eigenvalue weighted by atomic mass is 9.85. The molecule has 6 heteroatoms. The van der Waals surface area contributed by atoms with Gasteiger partial charge in [0.25, 0.3) is 0 Å². The number of hydrogen-bond acceptors (Lipinski definition) is 4. The third kappa shape index (κ3) is 4.97. The Morgan fingerprint density at radius 2 is 1.90 bits per heavy atom. The SMILES string of the molecule is CNCC(=O)NC(C(=O)N1CCCC1CNC)C(C)(C)C. The van der Waals surface area contributed by atoms with Crippen molar-refractivity contribution in [3.05, 3.63) is 0 Å². The summed E-state index contributed by atoms with van der Waals surface area (Å²) in [5.74, 6) is -0.111. The summed E-state index contributed by atoms with van der Waals surface area (Å²) in [7, 11) is 3.62. The number of amides is 2. The van der Waals surface area contributed by atoms with Gasteiger partial charge in [-0.3, -0.25) is 9.59 Å². The van der Waals surface area contributed by atoms with E-state index in [-0.39, 0.29) is 29.8 Å². The van der Waals surface area contributed by atoms with E-state index in [0.29, 0.717) is 0 Å². The van der Waals surface area contributed by atoms with E-state index >= 15 is 0 Å². The van der Waals surface area contributed by atoms with Gasteiger partial charge >= 0.3 is 0 Å². The normalized spacial score (nSPS) is 20.4. The highest BCUT2D eigenvalue weighted by Gasteiger charge is 2.39. The molecule has 21 heavy (non-hydrogen) atoms. The first-order valence-corrected chi connectivity index (χ1v) is 7.70. The number of rotatable bonds is 6. The third-order valence-electron chi connectivity index (χ3n) is 3.86.